The second-order valence-corrected chi connectivity index (χ2v) is 9.81. The Bertz CT molecular complexity index is 1320. The number of hydrogen-bond acceptors (Lipinski definition) is 0. The third kappa shape index (κ3) is 7.08. The van der Waals surface area contributed by atoms with Crippen LogP contribution in [0, 0.1) is 17.7 Å². The third-order valence-electron chi connectivity index (χ3n) is 6.93. The second kappa shape index (κ2) is 13.1. The molecule has 4 rings (SSSR count). The average Bonchev–Trinajstić information content (AvgIpc) is 2.92. The quantitative estimate of drug-likeness (QED) is 0.158. The van der Waals surface area contributed by atoms with Gasteiger partial charge in [0.15, 0.2) is 0 Å². The van der Waals surface area contributed by atoms with Crippen molar-refractivity contribution in [3.8, 4) is 11.8 Å². The number of benzene rings is 4. The number of unbranched alkanes of at least 4 members (excludes halogenated alkanes) is 3. The van der Waals surface area contributed by atoms with Crippen molar-refractivity contribution < 1.29 is 4.39 Å². The maximum atomic E-state index is 15.1. The molecule has 0 bridgehead atoms. The monoisotopic (exact) mass is 476 g/mol. The van der Waals surface area contributed by atoms with Crippen LogP contribution in [0.3, 0.4) is 0 Å². The SMILES string of the molecule is CCCCCc1ccc2c(F)c(C#Cc3ccc(CCc4ccc(CCCC)cc4)cc3)ccc2c1. The molecule has 0 atom stereocenters. The van der Waals surface area contributed by atoms with Gasteiger partial charge in [-0.05, 0) is 84.4 Å². The molecular formula is C35H37F. The zero-order chi connectivity index (χ0) is 25.2. The molecule has 0 fully saturated rings. The summed E-state index contributed by atoms with van der Waals surface area (Å²) in [4.78, 5) is 0. The molecule has 0 spiro atoms. The standard InChI is InChI=1S/C35H37F/c1-3-5-7-9-31-21-25-34-33(26-31)24-23-32(35(34)36)22-20-30-18-16-29(17-19-30)15-14-28-12-10-27(11-13-28)8-6-4-2/h10-13,16-19,21,23-26H,3-9,14-15H2,1-2H3. The normalized spacial score (nSPS) is 10.9. The van der Waals surface area contributed by atoms with Crippen LogP contribution in [0.2, 0.25) is 0 Å². The molecule has 0 saturated heterocycles. The lowest BCUT2D eigenvalue weighted by molar-refractivity contribution is 0.636. The summed E-state index contributed by atoms with van der Waals surface area (Å²) >= 11 is 0. The smallest absolute Gasteiger partial charge is 0.146 e. The number of aryl methyl sites for hydroxylation is 4. The fourth-order valence-electron chi connectivity index (χ4n) is 4.61. The van der Waals surface area contributed by atoms with Crippen molar-refractivity contribution >= 4 is 10.8 Å². The van der Waals surface area contributed by atoms with E-state index in [1.165, 1.54) is 60.8 Å². The Hall–Kier alpha value is -3.37. The lowest BCUT2D eigenvalue weighted by Gasteiger charge is -2.06. The first-order valence-corrected chi connectivity index (χ1v) is 13.6. The van der Waals surface area contributed by atoms with Crippen molar-refractivity contribution in [3.05, 3.63) is 118 Å². The van der Waals surface area contributed by atoms with E-state index in [-0.39, 0.29) is 5.82 Å². The lowest BCUT2D eigenvalue weighted by Crippen LogP contribution is -1.93. The van der Waals surface area contributed by atoms with Crippen LogP contribution >= 0.6 is 0 Å². The van der Waals surface area contributed by atoms with Crippen molar-refractivity contribution in [2.75, 3.05) is 0 Å². The number of rotatable bonds is 10. The van der Waals surface area contributed by atoms with E-state index in [0.717, 1.165) is 30.2 Å². The summed E-state index contributed by atoms with van der Waals surface area (Å²) in [5.74, 6) is 5.97. The van der Waals surface area contributed by atoms with E-state index in [1.807, 2.05) is 30.3 Å². The van der Waals surface area contributed by atoms with Crippen LogP contribution in [0.1, 0.15) is 79.3 Å². The van der Waals surface area contributed by atoms with Gasteiger partial charge >= 0.3 is 0 Å². The molecule has 1 heteroatoms. The Morgan fingerprint density at radius 2 is 1.14 bits per heavy atom. The fraction of sp³-hybridized carbons (Fsp3) is 0.314. The molecular weight excluding hydrogens is 439 g/mol. The first kappa shape index (κ1) is 25.7. The van der Waals surface area contributed by atoms with Gasteiger partial charge in [-0.2, -0.15) is 0 Å². The highest BCUT2D eigenvalue weighted by Gasteiger charge is 2.07. The Kier molecular flexibility index (Phi) is 9.34. The minimum Gasteiger partial charge on any atom is -0.205 e. The summed E-state index contributed by atoms with van der Waals surface area (Å²) in [7, 11) is 0. The van der Waals surface area contributed by atoms with E-state index in [2.05, 4.69) is 74.2 Å². The molecule has 0 amide bonds. The zero-order valence-corrected chi connectivity index (χ0v) is 21.7. The van der Waals surface area contributed by atoms with Gasteiger partial charge in [0.2, 0.25) is 0 Å². The van der Waals surface area contributed by atoms with Gasteiger partial charge in [-0.3, -0.25) is 0 Å². The molecule has 184 valence electrons. The molecule has 4 aromatic rings. The van der Waals surface area contributed by atoms with Gasteiger partial charge in [0.1, 0.15) is 5.82 Å². The molecule has 4 aromatic carbocycles. The summed E-state index contributed by atoms with van der Waals surface area (Å²) in [6, 6.07) is 27.3. The van der Waals surface area contributed by atoms with Crippen LogP contribution in [0.15, 0.2) is 78.9 Å². The van der Waals surface area contributed by atoms with Crippen LogP contribution in [0.25, 0.3) is 10.8 Å². The molecule has 0 nitrogen and oxygen atoms in total. The predicted octanol–water partition coefficient (Wildman–Crippen LogP) is 9.24. The van der Waals surface area contributed by atoms with Crippen LogP contribution in [-0.4, -0.2) is 0 Å². The van der Waals surface area contributed by atoms with E-state index in [4.69, 9.17) is 0 Å². The molecule has 0 radical (unpaired) electrons. The van der Waals surface area contributed by atoms with Crippen molar-refractivity contribution in [1.29, 1.82) is 0 Å². The summed E-state index contributed by atoms with van der Waals surface area (Å²) in [6.45, 7) is 4.44. The first-order chi connectivity index (χ1) is 17.7. The minimum absolute atomic E-state index is 0.225. The average molecular weight is 477 g/mol. The third-order valence-corrected chi connectivity index (χ3v) is 6.93. The largest absolute Gasteiger partial charge is 0.205 e. The maximum absolute atomic E-state index is 15.1. The number of fused-ring (bicyclic) bond motifs is 1. The fourth-order valence-corrected chi connectivity index (χ4v) is 4.61. The van der Waals surface area contributed by atoms with Crippen LogP contribution in [0.5, 0.6) is 0 Å². The van der Waals surface area contributed by atoms with Gasteiger partial charge in [0, 0.05) is 10.9 Å². The van der Waals surface area contributed by atoms with Gasteiger partial charge in [0.25, 0.3) is 0 Å². The van der Waals surface area contributed by atoms with Gasteiger partial charge in [-0.1, -0.05) is 106 Å². The Morgan fingerprint density at radius 3 is 1.81 bits per heavy atom. The van der Waals surface area contributed by atoms with Crippen molar-refractivity contribution in [2.45, 2.75) is 71.6 Å². The molecule has 0 aromatic heterocycles. The number of halogens is 1. The molecule has 0 aliphatic carbocycles. The molecule has 0 aliphatic heterocycles. The van der Waals surface area contributed by atoms with E-state index in [0.29, 0.717) is 10.9 Å². The highest BCUT2D eigenvalue weighted by Crippen LogP contribution is 2.23. The molecule has 0 aliphatic rings. The molecule has 0 unspecified atom stereocenters. The second-order valence-electron chi connectivity index (χ2n) is 9.81. The van der Waals surface area contributed by atoms with Gasteiger partial charge in [-0.15, -0.1) is 0 Å². The van der Waals surface area contributed by atoms with Gasteiger partial charge < -0.3 is 0 Å². The molecule has 0 saturated carbocycles. The summed E-state index contributed by atoms with van der Waals surface area (Å²) in [5.41, 5.74) is 6.73. The molecule has 0 N–H and O–H groups in total. The first-order valence-electron chi connectivity index (χ1n) is 13.6. The Balaban J connectivity index is 1.37. The van der Waals surface area contributed by atoms with Crippen LogP contribution < -0.4 is 0 Å². The highest BCUT2D eigenvalue weighted by atomic mass is 19.1. The highest BCUT2D eigenvalue weighted by molar-refractivity contribution is 5.85. The lowest BCUT2D eigenvalue weighted by atomic mass is 10.00. The summed E-state index contributed by atoms with van der Waals surface area (Å²) < 4.78 is 15.1. The predicted molar refractivity (Wildman–Crippen MR) is 152 cm³/mol. The van der Waals surface area contributed by atoms with Crippen LogP contribution in [-0.2, 0) is 25.7 Å². The molecule has 0 heterocycles. The van der Waals surface area contributed by atoms with E-state index in [1.54, 1.807) is 0 Å². The summed E-state index contributed by atoms with van der Waals surface area (Å²) in [6.07, 6.45) is 10.4. The van der Waals surface area contributed by atoms with Crippen molar-refractivity contribution in [3.63, 3.8) is 0 Å². The topological polar surface area (TPSA) is 0 Å². The molecule has 36 heavy (non-hydrogen) atoms. The van der Waals surface area contributed by atoms with E-state index < -0.39 is 0 Å². The zero-order valence-electron chi connectivity index (χ0n) is 21.7. The van der Waals surface area contributed by atoms with Crippen molar-refractivity contribution in [2.24, 2.45) is 0 Å². The van der Waals surface area contributed by atoms with Gasteiger partial charge in [0.05, 0.1) is 5.56 Å². The Morgan fingerprint density at radius 1 is 0.556 bits per heavy atom. The van der Waals surface area contributed by atoms with Gasteiger partial charge in [-0.25, -0.2) is 4.39 Å². The maximum Gasteiger partial charge on any atom is 0.146 e. The Labute approximate surface area is 216 Å². The van der Waals surface area contributed by atoms with Crippen molar-refractivity contribution in [1.82, 2.24) is 0 Å². The minimum atomic E-state index is -0.225. The summed E-state index contributed by atoms with van der Waals surface area (Å²) in [5, 5.41) is 1.60. The van der Waals surface area contributed by atoms with Crippen LogP contribution in [0.4, 0.5) is 4.39 Å². The van der Waals surface area contributed by atoms with E-state index in [9.17, 15) is 0 Å². The number of hydrogen-bond donors (Lipinski definition) is 0. The van der Waals surface area contributed by atoms with E-state index >= 15 is 4.39 Å².